The van der Waals surface area contributed by atoms with Crippen molar-refractivity contribution in [1.29, 1.82) is 0 Å². The average molecular weight is 275 g/mol. The molecule has 108 valence electrons. The van der Waals surface area contributed by atoms with Crippen LogP contribution in [0.25, 0.3) is 11.0 Å². The highest BCUT2D eigenvalue weighted by molar-refractivity contribution is 5.86. The lowest BCUT2D eigenvalue weighted by Crippen LogP contribution is -2.54. The first-order valence-corrected chi connectivity index (χ1v) is 6.95. The maximum Gasteiger partial charge on any atom is 0.226 e. The molecule has 20 heavy (non-hydrogen) atoms. The molecule has 0 aliphatic heterocycles. The van der Waals surface area contributed by atoms with Gasteiger partial charge in [0.2, 0.25) is 5.95 Å². The number of anilines is 2. The summed E-state index contributed by atoms with van der Waals surface area (Å²) in [5, 5.41) is 14.3. The Bertz CT molecular complexity index is 600. The van der Waals surface area contributed by atoms with Crippen LogP contribution >= 0.6 is 0 Å². The molecule has 2 aromatic heterocycles. The molecule has 2 heterocycles. The predicted octanol–water partition coefficient (Wildman–Crippen LogP) is 1.29. The third-order valence-electron chi connectivity index (χ3n) is 4.35. The van der Waals surface area contributed by atoms with E-state index < -0.39 is 0 Å². The Morgan fingerprint density at radius 3 is 2.75 bits per heavy atom. The molecule has 7 nitrogen and oxygen atoms in total. The van der Waals surface area contributed by atoms with Crippen molar-refractivity contribution in [3.63, 3.8) is 0 Å². The van der Waals surface area contributed by atoms with Crippen molar-refractivity contribution < 1.29 is 0 Å². The molecule has 1 aliphatic rings. The van der Waals surface area contributed by atoms with Gasteiger partial charge in [0, 0.05) is 19.1 Å². The first-order chi connectivity index (χ1) is 9.64. The van der Waals surface area contributed by atoms with Crippen molar-refractivity contribution >= 4 is 22.8 Å². The lowest BCUT2D eigenvalue weighted by atomic mass is 9.75. The molecule has 2 aromatic rings. The van der Waals surface area contributed by atoms with Crippen molar-refractivity contribution in [2.24, 2.45) is 0 Å². The van der Waals surface area contributed by atoms with Crippen LogP contribution in [-0.4, -0.2) is 58.3 Å². The van der Waals surface area contributed by atoms with Crippen molar-refractivity contribution in [1.82, 2.24) is 25.1 Å². The molecule has 3 N–H and O–H groups in total. The Morgan fingerprint density at radius 2 is 2.15 bits per heavy atom. The van der Waals surface area contributed by atoms with Crippen molar-refractivity contribution in [3.8, 4) is 0 Å². The molecular weight excluding hydrogens is 254 g/mol. The monoisotopic (exact) mass is 275 g/mol. The average Bonchev–Trinajstić information content (AvgIpc) is 2.84. The van der Waals surface area contributed by atoms with Crippen LogP contribution < -0.4 is 10.6 Å². The van der Waals surface area contributed by atoms with Gasteiger partial charge in [-0.3, -0.25) is 5.10 Å². The smallest absolute Gasteiger partial charge is 0.226 e. The summed E-state index contributed by atoms with van der Waals surface area (Å²) in [7, 11) is 6.11. The number of aromatic amines is 1. The highest BCUT2D eigenvalue weighted by Crippen LogP contribution is 2.36. The number of fused-ring (bicyclic) bond motifs is 1. The molecule has 0 spiro atoms. The van der Waals surface area contributed by atoms with Crippen LogP contribution in [-0.2, 0) is 0 Å². The maximum absolute atomic E-state index is 4.50. The van der Waals surface area contributed by atoms with E-state index in [0.29, 0.717) is 5.95 Å². The van der Waals surface area contributed by atoms with Gasteiger partial charge in [0.1, 0.15) is 5.82 Å². The maximum atomic E-state index is 4.50. The summed E-state index contributed by atoms with van der Waals surface area (Å²) in [6.45, 7) is 0.889. The Labute approximate surface area is 118 Å². The summed E-state index contributed by atoms with van der Waals surface area (Å²) < 4.78 is 0. The van der Waals surface area contributed by atoms with Crippen LogP contribution in [0.1, 0.15) is 19.3 Å². The Balaban J connectivity index is 1.85. The lowest BCUT2D eigenvalue weighted by Gasteiger charge is -2.47. The van der Waals surface area contributed by atoms with Gasteiger partial charge in [0.25, 0.3) is 0 Å². The van der Waals surface area contributed by atoms with E-state index in [-0.39, 0.29) is 5.54 Å². The van der Waals surface area contributed by atoms with Crippen molar-refractivity contribution in [2.75, 3.05) is 38.3 Å². The second-order valence-corrected chi connectivity index (χ2v) is 5.60. The zero-order valence-corrected chi connectivity index (χ0v) is 12.2. The first kappa shape index (κ1) is 13.1. The highest BCUT2D eigenvalue weighted by Gasteiger charge is 2.38. The van der Waals surface area contributed by atoms with E-state index in [1.54, 1.807) is 6.20 Å². The van der Waals surface area contributed by atoms with Gasteiger partial charge in [-0.25, -0.2) is 0 Å². The number of hydrogen-bond donors (Lipinski definition) is 3. The highest BCUT2D eigenvalue weighted by atomic mass is 15.2. The largest absolute Gasteiger partial charge is 0.367 e. The zero-order valence-electron chi connectivity index (χ0n) is 12.2. The normalized spacial score (nSPS) is 17.2. The van der Waals surface area contributed by atoms with E-state index in [1.165, 1.54) is 19.3 Å². The summed E-state index contributed by atoms with van der Waals surface area (Å²) in [6, 6.07) is 0. The molecule has 0 aromatic carbocycles. The van der Waals surface area contributed by atoms with Gasteiger partial charge in [-0.1, -0.05) is 0 Å². The topological polar surface area (TPSA) is 81.8 Å². The standard InChI is InChI=1S/C13H21N7/c1-14-12-17-10(9-7-16-19-11(9)18-12)15-8-13(20(2)3)5-4-6-13/h7H,4-6,8H2,1-3H3,(H3,14,15,16,17,18,19). The quantitative estimate of drug-likeness (QED) is 0.763. The molecule has 0 saturated heterocycles. The van der Waals surface area contributed by atoms with E-state index in [4.69, 9.17) is 0 Å². The number of nitrogens with one attached hydrogen (secondary N) is 3. The van der Waals surface area contributed by atoms with Crippen molar-refractivity contribution in [3.05, 3.63) is 6.20 Å². The Morgan fingerprint density at radius 1 is 1.35 bits per heavy atom. The second kappa shape index (κ2) is 4.90. The van der Waals surface area contributed by atoms with E-state index in [2.05, 4.69) is 49.8 Å². The number of H-pyrrole nitrogens is 1. The number of nitrogens with zero attached hydrogens (tertiary/aromatic N) is 4. The Kier molecular flexibility index (Phi) is 3.21. The molecule has 0 bridgehead atoms. The van der Waals surface area contributed by atoms with E-state index in [0.717, 1.165) is 23.4 Å². The third-order valence-corrected chi connectivity index (χ3v) is 4.35. The van der Waals surface area contributed by atoms with E-state index in [9.17, 15) is 0 Å². The fraction of sp³-hybridized carbons (Fsp3) is 0.615. The third kappa shape index (κ3) is 2.07. The van der Waals surface area contributed by atoms with Gasteiger partial charge >= 0.3 is 0 Å². The first-order valence-electron chi connectivity index (χ1n) is 6.95. The van der Waals surface area contributed by atoms with Gasteiger partial charge in [-0.15, -0.1) is 0 Å². The molecule has 3 rings (SSSR count). The van der Waals surface area contributed by atoms with Crippen LogP contribution in [0, 0.1) is 0 Å². The second-order valence-electron chi connectivity index (χ2n) is 5.60. The van der Waals surface area contributed by atoms with Crippen LogP contribution in [0.2, 0.25) is 0 Å². The molecule has 0 unspecified atom stereocenters. The van der Waals surface area contributed by atoms with E-state index in [1.807, 2.05) is 7.05 Å². The van der Waals surface area contributed by atoms with Crippen LogP contribution in [0.4, 0.5) is 11.8 Å². The van der Waals surface area contributed by atoms with Crippen molar-refractivity contribution in [2.45, 2.75) is 24.8 Å². The minimum atomic E-state index is 0.251. The number of rotatable bonds is 5. The van der Waals surface area contributed by atoms with Crippen LogP contribution in [0.5, 0.6) is 0 Å². The number of likely N-dealkylation sites (N-methyl/N-ethyl adjacent to an activating group) is 1. The number of hydrogen-bond acceptors (Lipinski definition) is 6. The SMILES string of the molecule is CNc1nc(NCC2(N(C)C)CCC2)c2cn[nH]c2n1. The van der Waals surface area contributed by atoms with Gasteiger partial charge < -0.3 is 15.5 Å². The molecule has 1 aliphatic carbocycles. The predicted molar refractivity (Wildman–Crippen MR) is 80.0 cm³/mol. The van der Waals surface area contributed by atoms with Gasteiger partial charge in [-0.2, -0.15) is 15.1 Å². The Hall–Kier alpha value is -1.89. The van der Waals surface area contributed by atoms with E-state index >= 15 is 0 Å². The molecule has 0 radical (unpaired) electrons. The molecule has 0 atom stereocenters. The fourth-order valence-electron chi connectivity index (χ4n) is 2.70. The lowest BCUT2D eigenvalue weighted by molar-refractivity contribution is 0.0738. The summed E-state index contributed by atoms with van der Waals surface area (Å²) >= 11 is 0. The summed E-state index contributed by atoms with van der Waals surface area (Å²) in [5.74, 6) is 1.43. The summed E-state index contributed by atoms with van der Waals surface area (Å²) in [6.07, 6.45) is 5.52. The minimum Gasteiger partial charge on any atom is -0.367 e. The molecule has 1 saturated carbocycles. The molecule has 1 fully saturated rings. The minimum absolute atomic E-state index is 0.251. The number of aromatic nitrogens is 4. The fourth-order valence-corrected chi connectivity index (χ4v) is 2.70. The summed E-state index contributed by atoms with van der Waals surface area (Å²) in [4.78, 5) is 11.2. The van der Waals surface area contributed by atoms with Gasteiger partial charge in [0.05, 0.1) is 11.6 Å². The molecule has 7 heteroatoms. The molecule has 0 amide bonds. The zero-order chi connectivity index (χ0) is 14.2. The van der Waals surface area contributed by atoms with Gasteiger partial charge in [0.15, 0.2) is 5.65 Å². The van der Waals surface area contributed by atoms with Crippen LogP contribution in [0.15, 0.2) is 6.20 Å². The summed E-state index contributed by atoms with van der Waals surface area (Å²) in [5.41, 5.74) is 1.00. The van der Waals surface area contributed by atoms with Gasteiger partial charge in [-0.05, 0) is 33.4 Å². The molecular formula is C13H21N7. The van der Waals surface area contributed by atoms with Crippen LogP contribution in [0.3, 0.4) is 0 Å².